The van der Waals surface area contributed by atoms with Crippen LogP contribution in [0.15, 0.2) is 22.7 Å². The minimum absolute atomic E-state index is 0.535. The van der Waals surface area contributed by atoms with Gasteiger partial charge in [0.25, 0.3) is 0 Å². The number of hydrogen-bond acceptors (Lipinski definition) is 3. The number of ether oxygens (including phenoxy) is 1. The van der Waals surface area contributed by atoms with Crippen molar-refractivity contribution >= 4 is 15.9 Å². The third-order valence-corrected chi connectivity index (χ3v) is 4.90. The molecule has 1 atom stereocenters. The minimum atomic E-state index is -0.535. The maximum absolute atomic E-state index is 10.5. The van der Waals surface area contributed by atoms with Crippen LogP contribution < -0.4 is 4.74 Å². The van der Waals surface area contributed by atoms with Crippen LogP contribution in [0, 0.1) is 0 Å². The maximum Gasteiger partial charge on any atom is 0.122 e. The van der Waals surface area contributed by atoms with E-state index in [2.05, 4.69) is 34.0 Å². The van der Waals surface area contributed by atoms with Gasteiger partial charge < -0.3 is 9.84 Å². The molecule has 4 nitrogen and oxygen atoms in total. The third kappa shape index (κ3) is 2.72. The molecule has 2 aromatic rings. The second kappa shape index (κ2) is 5.81. The molecule has 0 aliphatic carbocycles. The van der Waals surface area contributed by atoms with Gasteiger partial charge in [-0.15, -0.1) is 0 Å². The summed E-state index contributed by atoms with van der Waals surface area (Å²) in [6, 6.07) is 5.95. The molecule has 112 valence electrons. The summed E-state index contributed by atoms with van der Waals surface area (Å²) in [5, 5.41) is 15.0. The zero-order chi connectivity index (χ0) is 15.0. The van der Waals surface area contributed by atoms with Crippen LogP contribution in [0.25, 0.3) is 0 Å². The van der Waals surface area contributed by atoms with Crippen LogP contribution in [0.2, 0.25) is 0 Å². The predicted octanol–water partition coefficient (Wildman–Crippen LogP) is 2.96. The average Bonchev–Trinajstić information content (AvgIpc) is 3.05. The number of aromatic nitrogens is 2. The van der Waals surface area contributed by atoms with E-state index in [1.165, 1.54) is 5.56 Å². The van der Waals surface area contributed by atoms with Crippen molar-refractivity contribution < 1.29 is 9.84 Å². The molecule has 0 radical (unpaired) electrons. The summed E-state index contributed by atoms with van der Waals surface area (Å²) in [6.07, 6.45) is 1.81. The highest BCUT2D eigenvalue weighted by molar-refractivity contribution is 9.10. The first-order valence-corrected chi connectivity index (χ1v) is 8.03. The van der Waals surface area contributed by atoms with Crippen LogP contribution in [0.3, 0.4) is 0 Å². The van der Waals surface area contributed by atoms with E-state index in [9.17, 15) is 5.11 Å². The van der Waals surface area contributed by atoms with Gasteiger partial charge in [-0.3, -0.25) is 4.68 Å². The molecule has 1 unspecified atom stereocenters. The fourth-order valence-electron chi connectivity index (χ4n) is 2.76. The first kappa shape index (κ1) is 14.6. The molecule has 0 saturated heterocycles. The number of hydrogen-bond donors (Lipinski definition) is 1. The molecular formula is C16H19BrN2O2. The van der Waals surface area contributed by atoms with Crippen molar-refractivity contribution in [1.82, 2.24) is 9.78 Å². The summed E-state index contributed by atoms with van der Waals surface area (Å²) in [7, 11) is 1.92. The Balaban J connectivity index is 1.83. The van der Waals surface area contributed by atoms with Crippen molar-refractivity contribution in [2.24, 2.45) is 7.05 Å². The Morgan fingerprint density at radius 3 is 3.00 bits per heavy atom. The first-order chi connectivity index (χ1) is 10.1. The van der Waals surface area contributed by atoms with E-state index in [1.807, 2.05) is 23.9 Å². The summed E-state index contributed by atoms with van der Waals surface area (Å²) >= 11 is 3.60. The van der Waals surface area contributed by atoms with E-state index in [0.29, 0.717) is 6.42 Å². The lowest BCUT2D eigenvalue weighted by molar-refractivity contribution is 0.175. The second-order valence-corrected chi connectivity index (χ2v) is 6.16. The van der Waals surface area contributed by atoms with E-state index >= 15 is 0 Å². The number of aliphatic hydroxyl groups is 1. The molecule has 5 heteroatoms. The molecule has 1 aromatic heterocycles. The molecule has 1 aromatic carbocycles. The van der Waals surface area contributed by atoms with Gasteiger partial charge in [0.1, 0.15) is 5.75 Å². The monoisotopic (exact) mass is 350 g/mol. The number of benzene rings is 1. The molecular weight excluding hydrogens is 332 g/mol. The first-order valence-electron chi connectivity index (χ1n) is 7.24. The van der Waals surface area contributed by atoms with Crippen LogP contribution >= 0.6 is 15.9 Å². The largest absolute Gasteiger partial charge is 0.493 e. The van der Waals surface area contributed by atoms with Gasteiger partial charge in [0.05, 0.1) is 28.6 Å². The molecule has 0 amide bonds. The van der Waals surface area contributed by atoms with Gasteiger partial charge >= 0.3 is 0 Å². The smallest absolute Gasteiger partial charge is 0.122 e. The number of aliphatic hydroxyl groups excluding tert-OH is 1. The molecule has 0 bridgehead atoms. The van der Waals surface area contributed by atoms with Crippen LogP contribution in [0.4, 0.5) is 0 Å². The van der Waals surface area contributed by atoms with E-state index in [-0.39, 0.29) is 0 Å². The number of rotatable bonds is 4. The lowest BCUT2D eigenvalue weighted by Gasteiger charge is -2.13. The lowest BCUT2D eigenvalue weighted by Crippen LogP contribution is -2.07. The highest BCUT2D eigenvalue weighted by Gasteiger charge is 2.19. The van der Waals surface area contributed by atoms with Crippen LogP contribution in [0.5, 0.6) is 5.75 Å². The van der Waals surface area contributed by atoms with Crippen molar-refractivity contribution in [3.8, 4) is 5.75 Å². The maximum atomic E-state index is 10.5. The number of fused-ring (bicyclic) bond motifs is 1. The molecule has 1 N–H and O–H groups in total. The van der Waals surface area contributed by atoms with Crippen molar-refractivity contribution in [3.63, 3.8) is 0 Å². The number of halogens is 1. The molecule has 0 saturated carbocycles. The van der Waals surface area contributed by atoms with Crippen LogP contribution in [-0.2, 0) is 26.3 Å². The standard InChI is InChI=1S/C16H19BrN2O2/c1-3-12-16(17)13(19(2)18-12)9-14(20)10-4-5-15-11(8-10)6-7-21-15/h4-5,8,14,20H,3,6-7,9H2,1-2H3. The highest BCUT2D eigenvalue weighted by Crippen LogP contribution is 2.31. The van der Waals surface area contributed by atoms with Crippen molar-refractivity contribution in [1.29, 1.82) is 0 Å². The molecule has 1 aliphatic rings. The zero-order valence-corrected chi connectivity index (χ0v) is 13.9. The second-order valence-electron chi connectivity index (χ2n) is 5.37. The number of nitrogens with zero attached hydrogens (tertiary/aromatic N) is 2. The highest BCUT2D eigenvalue weighted by atomic mass is 79.9. The van der Waals surface area contributed by atoms with E-state index in [0.717, 1.165) is 46.6 Å². The predicted molar refractivity (Wildman–Crippen MR) is 84.6 cm³/mol. The Kier molecular flexibility index (Phi) is 4.04. The fraction of sp³-hybridized carbons (Fsp3) is 0.438. The Morgan fingerprint density at radius 2 is 2.29 bits per heavy atom. The van der Waals surface area contributed by atoms with Gasteiger partial charge in [0.2, 0.25) is 0 Å². The van der Waals surface area contributed by atoms with Crippen molar-refractivity contribution in [3.05, 3.63) is 45.2 Å². The average molecular weight is 351 g/mol. The van der Waals surface area contributed by atoms with Gasteiger partial charge in [-0.1, -0.05) is 13.0 Å². The molecule has 2 heterocycles. The molecule has 1 aliphatic heterocycles. The topological polar surface area (TPSA) is 47.3 Å². The Morgan fingerprint density at radius 1 is 1.48 bits per heavy atom. The summed E-state index contributed by atoms with van der Waals surface area (Å²) in [4.78, 5) is 0. The van der Waals surface area contributed by atoms with E-state index in [1.54, 1.807) is 0 Å². The van der Waals surface area contributed by atoms with Gasteiger partial charge in [-0.25, -0.2) is 0 Å². The Labute approximate surface area is 132 Å². The third-order valence-electron chi connectivity index (χ3n) is 3.99. The van der Waals surface area contributed by atoms with Crippen molar-refractivity contribution in [2.75, 3.05) is 6.61 Å². The van der Waals surface area contributed by atoms with Crippen LogP contribution in [-0.4, -0.2) is 21.5 Å². The Hall–Kier alpha value is -1.33. The number of aryl methyl sites for hydroxylation is 2. The van der Waals surface area contributed by atoms with E-state index in [4.69, 9.17) is 4.74 Å². The quantitative estimate of drug-likeness (QED) is 0.921. The summed E-state index contributed by atoms with van der Waals surface area (Å²) in [6.45, 7) is 2.82. The molecule has 3 rings (SSSR count). The van der Waals surface area contributed by atoms with Crippen molar-refractivity contribution in [2.45, 2.75) is 32.3 Å². The summed E-state index contributed by atoms with van der Waals surface area (Å²) in [5.74, 6) is 0.945. The summed E-state index contributed by atoms with van der Waals surface area (Å²) in [5.41, 5.74) is 4.17. The fourth-order valence-corrected chi connectivity index (χ4v) is 3.53. The molecule has 0 fully saturated rings. The zero-order valence-electron chi connectivity index (χ0n) is 12.3. The lowest BCUT2D eigenvalue weighted by atomic mass is 10.0. The van der Waals surface area contributed by atoms with E-state index < -0.39 is 6.10 Å². The Bertz CT molecular complexity index is 667. The van der Waals surface area contributed by atoms with Crippen LogP contribution in [0.1, 0.15) is 35.5 Å². The summed E-state index contributed by atoms with van der Waals surface area (Å²) < 4.78 is 8.36. The molecule has 21 heavy (non-hydrogen) atoms. The van der Waals surface area contributed by atoms with Gasteiger partial charge in [-0.2, -0.15) is 5.10 Å². The molecule has 0 spiro atoms. The van der Waals surface area contributed by atoms with Gasteiger partial charge in [0.15, 0.2) is 0 Å². The normalized spacial score (nSPS) is 14.9. The SMILES string of the molecule is CCc1nn(C)c(CC(O)c2ccc3c(c2)CCO3)c1Br. The van der Waals surface area contributed by atoms with Gasteiger partial charge in [0, 0.05) is 19.9 Å². The van der Waals surface area contributed by atoms with Gasteiger partial charge in [-0.05, 0) is 45.6 Å². The minimum Gasteiger partial charge on any atom is -0.493 e.